The van der Waals surface area contributed by atoms with Gasteiger partial charge in [0.2, 0.25) is 0 Å². The van der Waals surface area contributed by atoms with E-state index in [0.717, 1.165) is 17.9 Å². The molecule has 0 spiro atoms. The molecule has 84 valence electrons. The van der Waals surface area contributed by atoms with E-state index in [9.17, 15) is 0 Å². The summed E-state index contributed by atoms with van der Waals surface area (Å²) in [4.78, 5) is 0. The number of fused-ring (bicyclic) bond motifs is 1. The number of ether oxygens (including phenoxy) is 2. The highest BCUT2D eigenvalue weighted by atomic mass is 35.5. The zero-order valence-electron chi connectivity index (χ0n) is 8.73. The van der Waals surface area contributed by atoms with Crippen molar-refractivity contribution in [2.24, 2.45) is 5.73 Å². The van der Waals surface area contributed by atoms with Gasteiger partial charge in [0, 0.05) is 6.04 Å². The first-order chi connectivity index (χ1) is 6.75. The number of nitrogens with two attached hydrogens (primary N) is 1. The van der Waals surface area contributed by atoms with Crippen molar-refractivity contribution < 1.29 is 9.47 Å². The van der Waals surface area contributed by atoms with Crippen molar-refractivity contribution in [3.63, 3.8) is 0 Å². The lowest BCUT2D eigenvalue weighted by Crippen LogP contribution is -2.19. The van der Waals surface area contributed by atoms with Crippen LogP contribution in [-0.4, -0.2) is 19.3 Å². The molecule has 0 saturated carbocycles. The highest BCUT2D eigenvalue weighted by Gasteiger charge is 2.11. The Morgan fingerprint density at radius 3 is 2.60 bits per heavy atom. The van der Waals surface area contributed by atoms with Gasteiger partial charge in [0.15, 0.2) is 11.5 Å². The van der Waals surface area contributed by atoms with Crippen LogP contribution in [0.2, 0.25) is 0 Å². The van der Waals surface area contributed by atoms with Crippen LogP contribution in [0.15, 0.2) is 18.2 Å². The zero-order chi connectivity index (χ0) is 9.97. The van der Waals surface area contributed by atoms with Crippen LogP contribution in [0, 0.1) is 0 Å². The van der Waals surface area contributed by atoms with Crippen LogP contribution < -0.4 is 15.2 Å². The van der Waals surface area contributed by atoms with Gasteiger partial charge in [-0.25, -0.2) is 0 Å². The van der Waals surface area contributed by atoms with Crippen molar-refractivity contribution in [1.82, 2.24) is 0 Å². The molecule has 4 heteroatoms. The third-order valence-electron chi connectivity index (χ3n) is 2.16. The maximum absolute atomic E-state index is 5.73. The lowest BCUT2D eigenvalue weighted by atomic mass is 10.1. The SMILES string of the molecule is C[C@@H](N)Cc1ccc2c(c1)OCCO2.Cl. The molecule has 0 aromatic heterocycles. The Hall–Kier alpha value is -0.930. The summed E-state index contributed by atoms with van der Waals surface area (Å²) in [6, 6.07) is 6.18. The van der Waals surface area contributed by atoms with E-state index in [-0.39, 0.29) is 18.4 Å². The Morgan fingerprint density at radius 2 is 1.93 bits per heavy atom. The molecule has 15 heavy (non-hydrogen) atoms. The molecule has 1 aromatic rings. The quantitative estimate of drug-likeness (QED) is 0.841. The summed E-state index contributed by atoms with van der Waals surface area (Å²) in [7, 11) is 0. The van der Waals surface area contributed by atoms with Crippen molar-refractivity contribution in [2.75, 3.05) is 13.2 Å². The molecule has 0 radical (unpaired) electrons. The van der Waals surface area contributed by atoms with Crippen LogP contribution in [0.4, 0.5) is 0 Å². The van der Waals surface area contributed by atoms with Crippen molar-refractivity contribution in [3.8, 4) is 11.5 Å². The zero-order valence-corrected chi connectivity index (χ0v) is 9.55. The summed E-state index contributed by atoms with van der Waals surface area (Å²) in [5.41, 5.74) is 6.93. The summed E-state index contributed by atoms with van der Waals surface area (Å²) < 4.78 is 10.9. The molecule has 1 heterocycles. The summed E-state index contributed by atoms with van der Waals surface area (Å²) in [6.45, 7) is 3.27. The summed E-state index contributed by atoms with van der Waals surface area (Å²) in [5, 5.41) is 0. The van der Waals surface area contributed by atoms with Gasteiger partial charge in [-0.1, -0.05) is 6.07 Å². The summed E-state index contributed by atoms with van der Waals surface area (Å²) in [6.07, 6.45) is 0.872. The monoisotopic (exact) mass is 229 g/mol. The fourth-order valence-corrected chi connectivity index (χ4v) is 1.59. The van der Waals surface area contributed by atoms with Gasteiger partial charge in [0.05, 0.1) is 0 Å². The van der Waals surface area contributed by atoms with E-state index in [1.165, 1.54) is 5.56 Å². The number of halogens is 1. The second-order valence-electron chi connectivity index (χ2n) is 3.66. The number of rotatable bonds is 2. The second kappa shape index (κ2) is 5.24. The van der Waals surface area contributed by atoms with Crippen LogP contribution >= 0.6 is 12.4 Å². The van der Waals surface area contributed by atoms with Crippen LogP contribution in [0.1, 0.15) is 12.5 Å². The van der Waals surface area contributed by atoms with E-state index in [2.05, 4.69) is 0 Å². The molecule has 1 aliphatic heterocycles. The maximum atomic E-state index is 5.73. The van der Waals surface area contributed by atoms with E-state index in [4.69, 9.17) is 15.2 Å². The maximum Gasteiger partial charge on any atom is 0.161 e. The molecule has 2 N–H and O–H groups in total. The summed E-state index contributed by atoms with van der Waals surface area (Å²) in [5.74, 6) is 1.68. The van der Waals surface area contributed by atoms with Gasteiger partial charge in [-0.15, -0.1) is 12.4 Å². The first-order valence-electron chi connectivity index (χ1n) is 4.90. The molecule has 0 bridgehead atoms. The molecule has 0 unspecified atom stereocenters. The first kappa shape index (κ1) is 12.1. The van der Waals surface area contributed by atoms with Gasteiger partial charge in [-0.2, -0.15) is 0 Å². The predicted octanol–water partition coefficient (Wildman–Crippen LogP) is 1.77. The Bertz CT molecular complexity index is 328. The van der Waals surface area contributed by atoms with Gasteiger partial charge in [-0.3, -0.25) is 0 Å². The average Bonchev–Trinajstić information content (AvgIpc) is 2.17. The third kappa shape index (κ3) is 3.01. The largest absolute Gasteiger partial charge is 0.486 e. The lowest BCUT2D eigenvalue weighted by molar-refractivity contribution is 0.171. The highest BCUT2D eigenvalue weighted by Crippen LogP contribution is 2.30. The van der Waals surface area contributed by atoms with E-state index >= 15 is 0 Å². The van der Waals surface area contributed by atoms with Crippen molar-refractivity contribution in [2.45, 2.75) is 19.4 Å². The molecule has 1 atom stereocenters. The standard InChI is InChI=1S/C11H15NO2.ClH/c1-8(12)6-9-2-3-10-11(7-9)14-5-4-13-10;/h2-3,7-8H,4-6,12H2,1H3;1H/t8-;/m1./s1. The Morgan fingerprint density at radius 1 is 1.27 bits per heavy atom. The topological polar surface area (TPSA) is 44.5 Å². The van der Waals surface area contributed by atoms with Crippen molar-refractivity contribution in [3.05, 3.63) is 23.8 Å². The Labute approximate surface area is 96.0 Å². The van der Waals surface area contributed by atoms with Crippen molar-refractivity contribution >= 4 is 12.4 Å². The Kier molecular flexibility index (Phi) is 4.24. The predicted molar refractivity (Wildman–Crippen MR) is 62.0 cm³/mol. The fourth-order valence-electron chi connectivity index (χ4n) is 1.59. The number of benzene rings is 1. The van der Waals surface area contributed by atoms with Crippen LogP contribution in [0.25, 0.3) is 0 Å². The minimum absolute atomic E-state index is 0. The van der Waals surface area contributed by atoms with Gasteiger partial charge < -0.3 is 15.2 Å². The Balaban J connectivity index is 0.00000112. The van der Waals surface area contributed by atoms with Crippen LogP contribution in [0.5, 0.6) is 11.5 Å². The van der Waals surface area contributed by atoms with E-state index < -0.39 is 0 Å². The molecule has 1 aromatic carbocycles. The third-order valence-corrected chi connectivity index (χ3v) is 2.16. The van der Waals surface area contributed by atoms with Gasteiger partial charge in [0.1, 0.15) is 13.2 Å². The van der Waals surface area contributed by atoms with E-state index in [1.807, 2.05) is 25.1 Å². The normalized spacial score (nSPS) is 15.3. The first-order valence-corrected chi connectivity index (χ1v) is 4.90. The molecule has 0 saturated heterocycles. The minimum Gasteiger partial charge on any atom is -0.486 e. The highest BCUT2D eigenvalue weighted by molar-refractivity contribution is 5.85. The summed E-state index contributed by atoms with van der Waals surface area (Å²) >= 11 is 0. The van der Waals surface area contributed by atoms with Gasteiger partial charge >= 0.3 is 0 Å². The molecule has 2 rings (SSSR count). The lowest BCUT2D eigenvalue weighted by Gasteiger charge is -2.19. The molecular formula is C11H16ClNO2. The molecule has 0 amide bonds. The molecule has 1 aliphatic rings. The van der Waals surface area contributed by atoms with E-state index in [0.29, 0.717) is 13.2 Å². The van der Waals surface area contributed by atoms with Gasteiger partial charge in [-0.05, 0) is 31.0 Å². The van der Waals surface area contributed by atoms with Crippen LogP contribution in [-0.2, 0) is 6.42 Å². The van der Waals surface area contributed by atoms with Gasteiger partial charge in [0.25, 0.3) is 0 Å². The molecular weight excluding hydrogens is 214 g/mol. The molecule has 0 aliphatic carbocycles. The number of hydrogen-bond acceptors (Lipinski definition) is 3. The van der Waals surface area contributed by atoms with Crippen molar-refractivity contribution in [1.29, 1.82) is 0 Å². The minimum atomic E-state index is 0. The fraction of sp³-hybridized carbons (Fsp3) is 0.455. The number of hydrogen-bond donors (Lipinski definition) is 1. The molecule has 0 fully saturated rings. The molecule has 3 nitrogen and oxygen atoms in total. The second-order valence-corrected chi connectivity index (χ2v) is 3.66. The van der Waals surface area contributed by atoms with E-state index in [1.54, 1.807) is 0 Å². The smallest absolute Gasteiger partial charge is 0.161 e. The average molecular weight is 230 g/mol. The van der Waals surface area contributed by atoms with Crippen LogP contribution in [0.3, 0.4) is 0 Å².